The van der Waals surface area contributed by atoms with Crippen molar-refractivity contribution in [3.63, 3.8) is 0 Å². The minimum absolute atomic E-state index is 0.0101. The van der Waals surface area contributed by atoms with Gasteiger partial charge in [0.25, 0.3) is 0 Å². The largest absolute Gasteiger partial charge is 0.481 e. The fourth-order valence-corrected chi connectivity index (χ4v) is 6.40. The number of rotatable bonds is 6. The summed E-state index contributed by atoms with van der Waals surface area (Å²) in [5, 5.41) is 9.28. The van der Waals surface area contributed by atoms with Gasteiger partial charge in [0, 0.05) is 17.5 Å². The summed E-state index contributed by atoms with van der Waals surface area (Å²) >= 11 is 5.88. The zero-order valence-corrected chi connectivity index (χ0v) is 17.1. The van der Waals surface area contributed by atoms with Crippen molar-refractivity contribution in [2.24, 2.45) is 5.92 Å². The van der Waals surface area contributed by atoms with Gasteiger partial charge in [-0.2, -0.15) is 0 Å². The summed E-state index contributed by atoms with van der Waals surface area (Å²) in [6, 6.07) is 8.59. The number of hydrogen-bond donors (Lipinski definition) is 1. The highest BCUT2D eigenvalue weighted by Gasteiger charge is 2.48. The maximum Gasteiger partial charge on any atom is 0.303 e. The van der Waals surface area contributed by atoms with E-state index in [2.05, 4.69) is 0 Å². The minimum Gasteiger partial charge on any atom is -0.481 e. The van der Waals surface area contributed by atoms with Gasteiger partial charge in [0.2, 0.25) is 0 Å². The van der Waals surface area contributed by atoms with E-state index in [4.69, 9.17) is 16.7 Å². The quantitative estimate of drug-likeness (QED) is 0.655. The molecule has 1 N–H and O–H groups in total. The van der Waals surface area contributed by atoms with Crippen molar-refractivity contribution in [2.75, 3.05) is 0 Å². The van der Waals surface area contributed by atoms with E-state index in [1.807, 2.05) is 0 Å². The van der Waals surface area contributed by atoms with E-state index in [0.29, 0.717) is 30.4 Å². The van der Waals surface area contributed by atoms with Gasteiger partial charge in [-0.1, -0.05) is 11.6 Å². The van der Waals surface area contributed by atoms with Crippen LogP contribution >= 0.6 is 11.6 Å². The summed E-state index contributed by atoms with van der Waals surface area (Å²) < 4.78 is 53.7. The summed E-state index contributed by atoms with van der Waals surface area (Å²) in [6.07, 6.45) is 1.69. The molecule has 4 nitrogen and oxygen atoms in total. The normalized spacial score (nSPS) is 22.4. The highest BCUT2D eigenvalue weighted by atomic mass is 35.5. The molecule has 0 amide bonds. The third-order valence-electron chi connectivity index (χ3n) is 5.71. The Bertz CT molecular complexity index is 978. The van der Waals surface area contributed by atoms with E-state index < -0.39 is 32.2 Å². The van der Waals surface area contributed by atoms with Crippen LogP contribution in [0.15, 0.2) is 47.4 Å². The molecule has 8 heteroatoms. The zero-order valence-electron chi connectivity index (χ0n) is 15.6. The van der Waals surface area contributed by atoms with Crippen molar-refractivity contribution in [3.8, 4) is 0 Å². The molecule has 2 aromatic carbocycles. The third kappa shape index (κ3) is 4.46. The molecule has 0 aliphatic heterocycles. The molecule has 0 saturated heterocycles. The van der Waals surface area contributed by atoms with Crippen LogP contribution in [-0.4, -0.2) is 19.5 Å². The van der Waals surface area contributed by atoms with Crippen LogP contribution < -0.4 is 0 Å². The van der Waals surface area contributed by atoms with Gasteiger partial charge in [-0.3, -0.25) is 4.79 Å². The molecule has 29 heavy (non-hydrogen) atoms. The van der Waals surface area contributed by atoms with Gasteiger partial charge >= 0.3 is 5.97 Å². The van der Waals surface area contributed by atoms with Crippen LogP contribution in [0.3, 0.4) is 0 Å². The summed E-state index contributed by atoms with van der Waals surface area (Å²) in [7, 11) is -3.99. The summed E-state index contributed by atoms with van der Waals surface area (Å²) in [6.45, 7) is 0. The van der Waals surface area contributed by atoms with Crippen LogP contribution in [0.1, 0.15) is 44.1 Å². The molecule has 0 atom stereocenters. The smallest absolute Gasteiger partial charge is 0.303 e. The number of carboxylic acid groups (broad SMARTS) is 1. The van der Waals surface area contributed by atoms with Crippen molar-refractivity contribution in [3.05, 3.63) is 64.7 Å². The summed E-state index contributed by atoms with van der Waals surface area (Å²) in [4.78, 5) is 10.9. The molecule has 1 aliphatic rings. The fourth-order valence-electron chi connectivity index (χ4n) is 4.13. The van der Waals surface area contributed by atoms with Gasteiger partial charge in [0.15, 0.2) is 9.84 Å². The predicted molar refractivity (Wildman–Crippen MR) is 106 cm³/mol. The van der Waals surface area contributed by atoms with Crippen LogP contribution in [0.2, 0.25) is 5.02 Å². The molecule has 3 rings (SSSR count). The Hall–Kier alpha value is -1.99. The average molecular weight is 443 g/mol. The lowest BCUT2D eigenvalue weighted by atomic mass is 9.76. The molecule has 1 saturated carbocycles. The van der Waals surface area contributed by atoms with Crippen LogP contribution in [0, 0.1) is 17.6 Å². The number of carbonyl (C=O) groups is 1. The zero-order chi connectivity index (χ0) is 21.2. The second-order valence-electron chi connectivity index (χ2n) is 7.49. The minimum atomic E-state index is -3.99. The summed E-state index contributed by atoms with van der Waals surface area (Å²) in [5.41, 5.74) is 0.0848. The first-order valence-corrected chi connectivity index (χ1v) is 11.2. The third-order valence-corrected chi connectivity index (χ3v) is 8.52. The maximum absolute atomic E-state index is 14.0. The molecular weight excluding hydrogens is 422 g/mol. The highest BCUT2D eigenvalue weighted by molar-refractivity contribution is 7.92. The first kappa shape index (κ1) is 21.7. The molecule has 0 bridgehead atoms. The van der Waals surface area contributed by atoms with E-state index in [1.165, 1.54) is 24.3 Å². The van der Waals surface area contributed by atoms with E-state index in [9.17, 15) is 22.0 Å². The van der Waals surface area contributed by atoms with Gasteiger partial charge in [0.05, 0.1) is 4.90 Å². The highest BCUT2D eigenvalue weighted by Crippen LogP contribution is 2.49. The van der Waals surface area contributed by atoms with Crippen molar-refractivity contribution < 1.29 is 27.1 Å². The molecule has 1 aliphatic carbocycles. The van der Waals surface area contributed by atoms with Gasteiger partial charge in [-0.25, -0.2) is 17.2 Å². The first-order chi connectivity index (χ1) is 13.6. The number of benzene rings is 2. The molecule has 2 aromatic rings. The molecule has 1 fully saturated rings. The van der Waals surface area contributed by atoms with Crippen LogP contribution in [0.5, 0.6) is 0 Å². The topological polar surface area (TPSA) is 71.4 Å². The van der Waals surface area contributed by atoms with Gasteiger partial charge < -0.3 is 5.11 Å². The number of aliphatic carboxylic acids is 1. The molecule has 0 unspecified atom stereocenters. The van der Waals surface area contributed by atoms with E-state index in [1.54, 1.807) is 0 Å². The Labute approximate surface area is 173 Å². The Morgan fingerprint density at radius 2 is 1.62 bits per heavy atom. The Morgan fingerprint density at radius 3 is 2.14 bits per heavy atom. The van der Waals surface area contributed by atoms with Crippen molar-refractivity contribution in [1.29, 1.82) is 0 Å². The average Bonchev–Trinajstić information content (AvgIpc) is 2.66. The Morgan fingerprint density at radius 1 is 1.07 bits per heavy atom. The molecule has 0 spiro atoms. The maximum atomic E-state index is 14.0. The SMILES string of the molecule is O=C(O)CC[C@H]1CC[C@@](c2cc(F)cc(F)c2)(S(=O)(=O)c2ccc(Cl)cc2)CC1. The van der Waals surface area contributed by atoms with Crippen LogP contribution in [-0.2, 0) is 19.4 Å². The number of sulfone groups is 1. The van der Waals surface area contributed by atoms with Gasteiger partial charge in [0.1, 0.15) is 16.4 Å². The second-order valence-corrected chi connectivity index (χ2v) is 10.2. The second kappa shape index (κ2) is 8.40. The van der Waals surface area contributed by atoms with Crippen LogP contribution in [0.25, 0.3) is 0 Å². The Kier molecular flexibility index (Phi) is 6.29. The van der Waals surface area contributed by atoms with Crippen molar-refractivity contribution >= 4 is 27.4 Å². The molecule has 156 valence electrons. The number of carboxylic acids is 1. The lowest BCUT2D eigenvalue weighted by Gasteiger charge is -2.40. The fraction of sp³-hybridized carbons (Fsp3) is 0.381. The standard InChI is InChI=1S/C21H21ClF2O4S/c22-16-2-4-19(5-3-16)29(27,28)21(15-11-17(23)13-18(24)12-15)9-7-14(8-10-21)1-6-20(25)26/h2-5,11-14H,1,6-10H2,(H,25,26)/t14-,21+. The lowest BCUT2D eigenvalue weighted by molar-refractivity contribution is -0.137. The Balaban J connectivity index is 2.04. The summed E-state index contributed by atoms with van der Waals surface area (Å²) in [5.74, 6) is -2.52. The van der Waals surface area contributed by atoms with Crippen molar-refractivity contribution in [2.45, 2.75) is 48.2 Å². The van der Waals surface area contributed by atoms with Gasteiger partial charge in [-0.15, -0.1) is 0 Å². The molecule has 0 aromatic heterocycles. The number of halogens is 3. The first-order valence-electron chi connectivity index (χ1n) is 9.33. The molecule has 0 radical (unpaired) electrons. The van der Waals surface area contributed by atoms with E-state index in [0.717, 1.165) is 12.1 Å². The van der Waals surface area contributed by atoms with E-state index in [-0.39, 0.29) is 35.6 Å². The molecular formula is C21H21ClF2O4S. The monoisotopic (exact) mass is 442 g/mol. The van der Waals surface area contributed by atoms with Crippen LogP contribution in [0.4, 0.5) is 8.78 Å². The predicted octanol–water partition coefficient (Wildman–Crippen LogP) is 5.34. The lowest BCUT2D eigenvalue weighted by Crippen LogP contribution is -2.40. The number of hydrogen-bond acceptors (Lipinski definition) is 3. The van der Waals surface area contributed by atoms with Gasteiger partial charge in [-0.05, 0) is 80.0 Å². The van der Waals surface area contributed by atoms with Crippen molar-refractivity contribution in [1.82, 2.24) is 0 Å². The molecule has 0 heterocycles. The van der Waals surface area contributed by atoms with E-state index >= 15 is 0 Å².